The van der Waals surface area contributed by atoms with Gasteiger partial charge in [-0.25, -0.2) is 0 Å². The van der Waals surface area contributed by atoms with Crippen LogP contribution in [0.5, 0.6) is 0 Å². The van der Waals surface area contributed by atoms with Crippen molar-refractivity contribution in [1.29, 1.82) is 0 Å². The van der Waals surface area contributed by atoms with Crippen LogP contribution >= 0.6 is 11.8 Å². The minimum absolute atomic E-state index is 0.0330. The van der Waals surface area contributed by atoms with Crippen molar-refractivity contribution in [3.63, 3.8) is 0 Å². The van der Waals surface area contributed by atoms with Crippen LogP contribution in [0.4, 0.5) is 17.5 Å². The summed E-state index contributed by atoms with van der Waals surface area (Å²) in [6.07, 6.45) is 8.94. The SMILES string of the molecule is C=CC(=O)N1CCC[C@@H](N(C)c2nc(Nc3cnn(CC)c3)nc3[nH]nc(SC)c23)C1. The molecule has 0 radical (unpaired) electrons. The highest BCUT2D eigenvalue weighted by Gasteiger charge is 2.28. The van der Waals surface area contributed by atoms with Gasteiger partial charge in [0.1, 0.15) is 10.8 Å². The van der Waals surface area contributed by atoms with Gasteiger partial charge >= 0.3 is 0 Å². The Morgan fingerprint density at radius 2 is 2.32 bits per heavy atom. The number of aromatic nitrogens is 6. The predicted octanol–water partition coefficient (Wildman–Crippen LogP) is 2.65. The molecule has 4 heterocycles. The summed E-state index contributed by atoms with van der Waals surface area (Å²) in [7, 11) is 2.02. The lowest BCUT2D eigenvalue weighted by atomic mass is 10.0. The van der Waals surface area contributed by atoms with Crippen molar-refractivity contribution >= 4 is 46.2 Å². The fourth-order valence-corrected chi connectivity index (χ4v) is 4.38. The molecular weight excluding hydrogens is 414 g/mol. The molecule has 11 heteroatoms. The molecule has 1 atom stereocenters. The summed E-state index contributed by atoms with van der Waals surface area (Å²) in [6, 6.07) is 0.135. The number of anilines is 3. The molecule has 0 aromatic carbocycles. The first-order chi connectivity index (χ1) is 15.0. The summed E-state index contributed by atoms with van der Waals surface area (Å²) in [5.41, 5.74) is 1.49. The van der Waals surface area contributed by atoms with Crippen LogP contribution in [0.1, 0.15) is 19.8 Å². The number of likely N-dealkylation sites (N-methyl/N-ethyl adjacent to an activating group) is 1. The van der Waals surface area contributed by atoms with E-state index in [0.717, 1.165) is 47.8 Å². The van der Waals surface area contributed by atoms with Gasteiger partial charge in [-0.2, -0.15) is 20.2 Å². The number of nitrogens with zero attached hydrogens (tertiary/aromatic N) is 7. The minimum atomic E-state index is -0.0330. The Balaban J connectivity index is 1.69. The summed E-state index contributed by atoms with van der Waals surface area (Å²) >= 11 is 1.55. The molecule has 1 amide bonds. The highest BCUT2D eigenvalue weighted by molar-refractivity contribution is 7.98. The van der Waals surface area contributed by atoms with E-state index >= 15 is 0 Å². The van der Waals surface area contributed by atoms with E-state index in [1.54, 1.807) is 18.0 Å². The zero-order valence-corrected chi connectivity index (χ0v) is 18.8. The number of carbonyl (C=O) groups excluding carboxylic acids is 1. The molecule has 1 aliphatic rings. The highest BCUT2D eigenvalue weighted by atomic mass is 32.2. The molecule has 3 aromatic heterocycles. The molecule has 3 aromatic rings. The summed E-state index contributed by atoms with van der Waals surface area (Å²) in [5, 5.41) is 16.7. The summed E-state index contributed by atoms with van der Waals surface area (Å²) in [6.45, 7) is 7.83. The number of hydrogen-bond acceptors (Lipinski definition) is 8. The van der Waals surface area contributed by atoms with E-state index in [0.29, 0.717) is 18.1 Å². The first-order valence-corrected chi connectivity index (χ1v) is 11.5. The minimum Gasteiger partial charge on any atom is -0.354 e. The molecule has 10 nitrogen and oxygen atoms in total. The third-order valence-corrected chi connectivity index (χ3v) is 6.22. The summed E-state index contributed by atoms with van der Waals surface area (Å²) < 4.78 is 1.84. The van der Waals surface area contributed by atoms with Crippen LogP contribution in [0.25, 0.3) is 11.0 Å². The quantitative estimate of drug-likeness (QED) is 0.426. The number of nitrogens with one attached hydrogen (secondary N) is 2. The molecule has 0 bridgehead atoms. The standard InChI is InChI=1S/C20H27N9OS/c1-5-15(30)28-9-7-8-14(12-28)27(3)18-16-17(25-26-19(16)31-4)23-20(24-18)22-13-10-21-29(6-2)11-13/h5,10-11,14H,1,6-9,12H2,2-4H3,(H2,22,23,24,25,26)/t14-/m1/s1. The summed E-state index contributed by atoms with van der Waals surface area (Å²) in [4.78, 5) is 25.6. The average Bonchev–Trinajstić information content (AvgIpc) is 3.44. The Labute approximate surface area is 185 Å². The smallest absolute Gasteiger partial charge is 0.246 e. The van der Waals surface area contributed by atoms with Crippen LogP contribution in [0.15, 0.2) is 30.1 Å². The predicted molar refractivity (Wildman–Crippen MR) is 123 cm³/mol. The van der Waals surface area contributed by atoms with Crippen LogP contribution in [-0.4, -0.2) is 73.2 Å². The molecule has 1 aliphatic heterocycles. The van der Waals surface area contributed by atoms with E-state index in [1.807, 2.05) is 36.0 Å². The second-order valence-electron chi connectivity index (χ2n) is 7.43. The van der Waals surface area contributed by atoms with E-state index < -0.39 is 0 Å². The number of likely N-dealkylation sites (tertiary alicyclic amines) is 1. The van der Waals surface area contributed by atoms with E-state index in [9.17, 15) is 4.79 Å². The number of amides is 1. The largest absolute Gasteiger partial charge is 0.354 e. The topological polar surface area (TPSA) is 108 Å². The average molecular weight is 442 g/mol. The highest BCUT2D eigenvalue weighted by Crippen LogP contribution is 2.33. The van der Waals surface area contributed by atoms with E-state index in [2.05, 4.69) is 37.1 Å². The molecule has 1 saturated heterocycles. The third-order valence-electron chi connectivity index (χ3n) is 5.54. The van der Waals surface area contributed by atoms with E-state index in [4.69, 9.17) is 4.98 Å². The first kappa shape index (κ1) is 21.2. The Morgan fingerprint density at radius 3 is 3.03 bits per heavy atom. The maximum absolute atomic E-state index is 12.2. The number of H-pyrrole nitrogens is 1. The molecule has 164 valence electrons. The number of hydrogen-bond donors (Lipinski definition) is 2. The lowest BCUT2D eigenvalue weighted by Crippen LogP contribution is -2.48. The Bertz CT molecular complexity index is 1090. The molecule has 1 fully saturated rings. The lowest BCUT2D eigenvalue weighted by Gasteiger charge is -2.38. The van der Waals surface area contributed by atoms with Crippen LogP contribution in [0, 0.1) is 0 Å². The van der Waals surface area contributed by atoms with Crippen molar-refractivity contribution in [2.75, 3.05) is 36.6 Å². The van der Waals surface area contributed by atoms with Gasteiger partial charge in [-0.15, -0.1) is 11.8 Å². The number of aromatic amines is 1. The monoisotopic (exact) mass is 441 g/mol. The van der Waals surface area contributed by atoms with Gasteiger partial charge in [-0.3, -0.25) is 14.6 Å². The zero-order chi connectivity index (χ0) is 22.0. The van der Waals surface area contributed by atoms with Crippen LogP contribution in [0.3, 0.4) is 0 Å². The molecule has 0 saturated carbocycles. The van der Waals surface area contributed by atoms with Crippen molar-refractivity contribution < 1.29 is 4.79 Å². The Hall–Kier alpha value is -3.08. The van der Waals surface area contributed by atoms with Crippen LogP contribution < -0.4 is 10.2 Å². The van der Waals surface area contributed by atoms with Gasteiger partial charge in [0.15, 0.2) is 5.65 Å². The lowest BCUT2D eigenvalue weighted by molar-refractivity contribution is -0.127. The number of carbonyl (C=O) groups is 1. The molecule has 0 spiro atoms. The number of thioether (sulfide) groups is 1. The van der Waals surface area contributed by atoms with Crippen molar-refractivity contribution in [2.24, 2.45) is 0 Å². The number of aryl methyl sites for hydroxylation is 1. The summed E-state index contributed by atoms with van der Waals surface area (Å²) in [5.74, 6) is 1.22. The maximum Gasteiger partial charge on any atom is 0.246 e. The van der Waals surface area contributed by atoms with Crippen molar-refractivity contribution in [2.45, 2.75) is 37.4 Å². The van der Waals surface area contributed by atoms with E-state index in [-0.39, 0.29) is 11.9 Å². The van der Waals surface area contributed by atoms with Gasteiger partial charge in [-0.05, 0) is 32.1 Å². The second-order valence-corrected chi connectivity index (χ2v) is 8.23. The van der Waals surface area contributed by atoms with Crippen LogP contribution in [0.2, 0.25) is 0 Å². The second kappa shape index (κ2) is 8.96. The van der Waals surface area contributed by atoms with Crippen molar-refractivity contribution in [1.82, 2.24) is 34.8 Å². The normalized spacial score (nSPS) is 16.5. The van der Waals surface area contributed by atoms with Gasteiger partial charge in [0, 0.05) is 38.9 Å². The number of piperidine rings is 1. The van der Waals surface area contributed by atoms with Crippen molar-refractivity contribution in [3.05, 3.63) is 25.0 Å². The third kappa shape index (κ3) is 4.22. The molecule has 2 N–H and O–H groups in total. The molecular formula is C20H27N9OS. The number of fused-ring (bicyclic) bond motifs is 1. The maximum atomic E-state index is 12.2. The fourth-order valence-electron chi connectivity index (χ4n) is 3.85. The number of rotatable bonds is 7. The molecule has 4 rings (SSSR count). The van der Waals surface area contributed by atoms with Gasteiger partial charge in [0.25, 0.3) is 0 Å². The Morgan fingerprint density at radius 1 is 1.48 bits per heavy atom. The van der Waals surface area contributed by atoms with Gasteiger partial charge in [-0.1, -0.05) is 6.58 Å². The van der Waals surface area contributed by atoms with Gasteiger partial charge in [0.05, 0.1) is 17.3 Å². The molecule has 31 heavy (non-hydrogen) atoms. The molecule has 0 aliphatic carbocycles. The van der Waals surface area contributed by atoms with E-state index in [1.165, 1.54) is 6.08 Å². The Kier molecular flexibility index (Phi) is 6.12. The van der Waals surface area contributed by atoms with Gasteiger partial charge in [0.2, 0.25) is 11.9 Å². The van der Waals surface area contributed by atoms with Crippen LogP contribution in [-0.2, 0) is 11.3 Å². The first-order valence-electron chi connectivity index (χ1n) is 10.3. The van der Waals surface area contributed by atoms with Crippen molar-refractivity contribution in [3.8, 4) is 0 Å². The molecule has 0 unspecified atom stereocenters. The van der Waals surface area contributed by atoms with Gasteiger partial charge < -0.3 is 15.1 Å². The fraction of sp³-hybridized carbons (Fsp3) is 0.450. The zero-order valence-electron chi connectivity index (χ0n) is 18.0.